The Balaban J connectivity index is 1.45. The first-order valence-electron chi connectivity index (χ1n) is 9.59. The number of benzene rings is 2. The number of rotatable bonds is 5. The summed E-state index contributed by atoms with van der Waals surface area (Å²) in [5.41, 5.74) is 2.84. The first-order valence-corrected chi connectivity index (χ1v) is 9.59. The van der Waals surface area contributed by atoms with Crippen molar-refractivity contribution in [1.29, 1.82) is 0 Å². The van der Waals surface area contributed by atoms with Crippen LogP contribution in [0.25, 0.3) is 0 Å². The van der Waals surface area contributed by atoms with E-state index in [0.29, 0.717) is 17.8 Å². The summed E-state index contributed by atoms with van der Waals surface area (Å²) in [4.78, 5) is 39.2. The van der Waals surface area contributed by atoms with Crippen molar-refractivity contribution in [3.05, 3.63) is 59.7 Å². The van der Waals surface area contributed by atoms with Gasteiger partial charge in [-0.15, -0.1) is 0 Å². The maximum Gasteiger partial charge on any atom is 0.253 e. The number of para-hydroxylation sites is 1. The molecule has 6 nitrogen and oxygen atoms in total. The Morgan fingerprint density at radius 1 is 1.04 bits per heavy atom. The molecule has 1 saturated carbocycles. The molecule has 2 aromatic carbocycles. The minimum atomic E-state index is -0.451. The molecule has 28 heavy (non-hydrogen) atoms. The molecule has 0 bridgehead atoms. The molecule has 1 saturated heterocycles. The molecule has 0 radical (unpaired) electrons. The third kappa shape index (κ3) is 3.91. The third-order valence-corrected chi connectivity index (χ3v) is 5.18. The van der Waals surface area contributed by atoms with Crippen LogP contribution < -0.4 is 15.5 Å². The van der Waals surface area contributed by atoms with E-state index in [1.165, 1.54) is 0 Å². The zero-order valence-corrected chi connectivity index (χ0v) is 15.8. The Kier molecular flexibility index (Phi) is 4.86. The van der Waals surface area contributed by atoms with Crippen LogP contribution in [0.5, 0.6) is 0 Å². The highest BCUT2D eigenvalue weighted by Gasteiger charge is 2.35. The number of hydrogen-bond acceptors (Lipinski definition) is 3. The number of hydrogen-bond donors (Lipinski definition) is 2. The first kappa shape index (κ1) is 18.2. The Labute approximate surface area is 163 Å². The summed E-state index contributed by atoms with van der Waals surface area (Å²) >= 11 is 0. The molecule has 1 atom stereocenters. The van der Waals surface area contributed by atoms with Gasteiger partial charge < -0.3 is 15.5 Å². The van der Waals surface area contributed by atoms with Gasteiger partial charge >= 0.3 is 0 Å². The average molecular weight is 377 g/mol. The SMILES string of the molecule is Cc1ccc(N2CC(C(=O)Nc3ccccc3C(=O)NC3CC3)CC2=O)cc1. The maximum absolute atomic E-state index is 12.8. The second kappa shape index (κ2) is 7.46. The monoisotopic (exact) mass is 377 g/mol. The summed E-state index contributed by atoms with van der Waals surface area (Å²) in [6, 6.07) is 14.9. The van der Waals surface area contributed by atoms with Crippen molar-refractivity contribution in [3.8, 4) is 0 Å². The molecule has 0 aromatic heterocycles. The number of amides is 3. The highest BCUT2D eigenvalue weighted by molar-refractivity contribution is 6.07. The van der Waals surface area contributed by atoms with Gasteiger partial charge in [0.1, 0.15) is 0 Å². The Morgan fingerprint density at radius 2 is 1.75 bits per heavy atom. The van der Waals surface area contributed by atoms with Gasteiger partial charge in [0, 0.05) is 24.7 Å². The number of nitrogens with zero attached hydrogens (tertiary/aromatic N) is 1. The smallest absolute Gasteiger partial charge is 0.253 e. The van der Waals surface area contributed by atoms with Crippen LogP contribution in [0.1, 0.15) is 35.2 Å². The van der Waals surface area contributed by atoms with E-state index in [2.05, 4.69) is 10.6 Å². The van der Waals surface area contributed by atoms with E-state index < -0.39 is 5.92 Å². The lowest BCUT2D eigenvalue weighted by Crippen LogP contribution is -2.30. The molecule has 2 fully saturated rings. The van der Waals surface area contributed by atoms with E-state index in [-0.39, 0.29) is 30.2 Å². The highest BCUT2D eigenvalue weighted by Crippen LogP contribution is 2.27. The van der Waals surface area contributed by atoms with Crippen LogP contribution in [0, 0.1) is 12.8 Å². The first-order chi connectivity index (χ1) is 13.5. The number of carbonyl (C=O) groups excluding carboxylic acids is 3. The minimum Gasteiger partial charge on any atom is -0.349 e. The topological polar surface area (TPSA) is 78.5 Å². The molecule has 4 rings (SSSR count). The predicted octanol–water partition coefficient (Wildman–Crippen LogP) is 2.88. The molecule has 1 unspecified atom stereocenters. The van der Waals surface area contributed by atoms with Gasteiger partial charge in [0.05, 0.1) is 17.2 Å². The fourth-order valence-corrected chi connectivity index (χ4v) is 3.37. The fraction of sp³-hybridized carbons (Fsp3) is 0.318. The standard InChI is InChI=1S/C22H23N3O3/c1-14-6-10-17(11-7-14)25-13-15(12-20(25)26)21(27)24-19-5-3-2-4-18(19)22(28)23-16-8-9-16/h2-7,10-11,15-16H,8-9,12-13H2,1H3,(H,23,28)(H,24,27). The number of carbonyl (C=O) groups is 3. The van der Waals surface area contributed by atoms with Crippen LogP contribution in [0.3, 0.4) is 0 Å². The molecule has 1 heterocycles. The van der Waals surface area contributed by atoms with E-state index in [1.807, 2.05) is 31.2 Å². The van der Waals surface area contributed by atoms with Gasteiger partial charge in [-0.1, -0.05) is 29.8 Å². The minimum absolute atomic E-state index is 0.0660. The Hall–Kier alpha value is -3.15. The van der Waals surface area contributed by atoms with E-state index in [4.69, 9.17) is 0 Å². The van der Waals surface area contributed by atoms with Crippen molar-refractivity contribution >= 4 is 29.1 Å². The van der Waals surface area contributed by atoms with Gasteiger partial charge in [-0.2, -0.15) is 0 Å². The van der Waals surface area contributed by atoms with Crippen LogP contribution in [-0.2, 0) is 9.59 Å². The van der Waals surface area contributed by atoms with Gasteiger partial charge in [-0.05, 0) is 44.0 Å². The van der Waals surface area contributed by atoms with Crippen molar-refractivity contribution in [3.63, 3.8) is 0 Å². The Bertz CT molecular complexity index is 919. The number of anilines is 2. The molecule has 144 valence electrons. The normalized spacial score (nSPS) is 18.8. The molecule has 2 aliphatic rings. The zero-order chi connectivity index (χ0) is 19.7. The van der Waals surface area contributed by atoms with Gasteiger partial charge in [-0.3, -0.25) is 14.4 Å². The summed E-state index contributed by atoms with van der Waals surface area (Å²) in [6.07, 6.45) is 2.16. The zero-order valence-electron chi connectivity index (χ0n) is 15.8. The predicted molar refractivity (Wildman–Crippen MR) is 107 cm³/mol. The second-order valence-corrected chi connectivity index (χ2v) is 7.52. The largest absolute Gasteiger partial charge is 0.349 e. The molecule has 2 N–H and O–H groups in total. The van der Waals surface area contributed by atoms with Crippen LogP contribution in [0.4, 0.5) is 11.4 Å². The van der Waals surface area contributed by atoms with Crippen LogP contribution in [-0.4, -0.2) is 30.3 Å². The quantitative estimate of drug-likeness (QED) is 0.841. The summed E-state index contributed by atoms with van der Waals surface area (Å²) in [7, 11) is 0. The lowest BCUT2D eigenvalue weighted by atomic mass is 10.1. The molecule has 6 heteroatoms. The van der Waals surface area contributed by atoms with E-state index in [9.17, 15) is 14.4 Å². The molecule has 0 spiro atoms. The van der Waals surface area contributed by atoms with Crippen molar-refractivity contribution in [2.24, 2.45) is 5.92 Å². The van der Waals surface area contributed by atoms with E-state index in [0.717, 1.165) is 24.1 Å². The van der Waals surface area contributed by atoms with Crippen molar-refractivity contribution < 1.29 is 14.4 Å². The van der Waals surface area contributed by atoms with Gasteiger partial charge in [0.15, 0.2) is 0 Å². The average Bonchev–Trinajstić information content (AvgIpc) is 3.41. The lowest BCUT2D eigenvalue weighted by Gasteiger charge is -2.17. The molecule has 1 aliphatic heterocycles. The van der Waals surface area contributed by atoms with Crippen molar-refractivity contribution in [2.75, 3.05) is 16.8 Å². The fourth-order valence-electron chi connectivity index (χ4n) is 3.37. The highest BCUT2D eigenvalue weighted by atomic mass is 16.2. The molecule has 1 aliphatic carbocycles. The summed E-state index contributed by atoms with van der Waals surface area (Å²) in [5, 5.41) is 5.79. The summed E-state index contributed by atoms with van der Waals surface area (Å²) < 4.78 is 0. The van der Waals surface area contributed by atoms with Gasteiger partial charge in [0.25, 0.3) is 5.91 Å². The van der Waals surface area contributed by atoms with Crippen molar-refractivity contribution in [1.82, 2.24) is 5.32 Å². The van der Waals surface area contributed by atoms with E-state index >= 15 is 0 Å². The Morgan fingerprint density at radius 3 is 2.46 bits per heavy atom. The number of nitrogens with one attached hydrogen (secondary N) is 2. The third-order valence-electron chi connectivity index (χ3n) is 5.18. The van der Waals surface area contributed by atoms with Crippen molar-refractivity contribution in [2.45, 2.75) is 32.2 Å². The summed E-state index contributed by atoms with van der Waals surface area (Å²) in [6.45, 7) is 2.33. The van der Waals surface area contributed by atoms with Gasteiger partial charge in [0.2, 0.25) is 11.8 Å². The van der Waals surface area contributed by atoms with Crippen LogP contribution in [0.2, 0.25) is 0 Å². The summed E-state index contributed by atoms with van der Waals surface area (Å²) in [5.74, 6) is -0.936. The molecular weight excluding hydrogens is 354 g/mol. The number of aryl methyl sites for hydroxylation is 1. The molecular formula is C22H23N3O3. The van der Waals surface area contributed by atoms with Gasteiger partial charge in [-0.25, -0.2) is 0 Å². The maximum atomic E-state index is 12.8. The molecule has 2 aromatic rings. The lowest BCUT2D eigenvalue weighted by molar-refractivity contribution is -0.122. The van der Waals surface area contributed by atoms with Crippen LogP contribution >= 0.6 is 0 Å². The molecule has 3 amide bonds. The van der Waals surface area contributed by atoms with Crippen LogP contribution in [0.15, 0.2) is 48.5 Å². The second-order valence-electron chi connectivity index (χ2n) is 7.52. The van der Waals surface area contributed by atoms with E-state index in [1.54, 1.807) is 29.2 Å².